The van der Waals surface area contributed by atoms with E-state index in [0.29, 0.717) is 0 Å². The van der Waals surface area contributed by atoms with Gasteiger partial charge in [-0.2, -0.15) is 0 Å². The number of hydrogen-bond acceptors (Lipinski definition) is 4. The fraction of sp³-hybridized carbons (Fsp3) is 0.400. The van der Waals surface area contributed by atoms with Crippen molar-refractivity contribution in [2.45, 2.75) is 44.4 Å². The Balaban J connectivity index is 1.36. The lowest BCUT2D eigenvalue weighted by Crippen LogP contribution is -2.46. The van der Waals surface area contributed by atoms with E-state index < -0.39 is 0 Å². The highest BCUT2D eigenvalue weighted by atomic mass is 15.1. The molecule has 5 rings (SSSR count). The van der Waals surface area contributed by atoms with Crippen molar-refractivity contribution >= 4 is 0 Å². The maximum atomic E-state index is 5.11. The predicted molar refractivity (Wildman–Crippen MR) is 116 cm³/mol. The minimum atomic E-state index is 0.195. The van der Waals surface area contributed by atoms with Crippen molar-refractivity contribution in [2.24, 2.45) is 0 Å². The molecule has 2 aromatic heterocycles. The molecular formula is C25H28N4. The van der Waals surface area contributed by atoms with Crippen molar-refractivity contribution in [1.29, 1.82) is 0 Å². The van der Waals surface area contributed by atoms with Gasteiger partial charge in [0.2, 0.25) is 0 Å². The summed E-state index contributed by atoms with van der Waals surface area (Å²) < 4.78 is 0. The summed E-state index contributed by atoms with van der Waals surface area (Å²) in [5, 5.41) is 0. The first-order valence-electron chi connectivity index (χ1n) is 10.8. The molecule has 1 aliphatic carbocycles. The molecule has 4 heteroatoms. The maximum absolute atomic E-state index is 5.11. The summed E-state index contributed by atoms with van der Waals surface area (Å²) in [6.07, 6.45) is 7.89. The number of likely N-dealkylation sites (tertiary alicyclic amines) is 1. The van der Waals surface area contributed by atoms with E-state index in [9.17, 15) is 0 Å². The van der Waals surface area contributed by atoms with Crippen LogP contribution in [0.1, 0.15) is 41.9 Å². The molecule has 0 amide bonds. The Morgan fingerprint density at radius 3 is 2.76 bits per heavy atom. The molecule has 0 bridgehead atoms. The van der Waals surface area contributed by atoms with Crippen LogP contribution in [0.3, 0.4) is 0 Å². The summed E-state index contributed by atoms with van der Waals surface area (Å²) in [5.74, 6) is 0.867. The molecule has 4 nitrogen and oxygen atoms in total. The fourth-order valence-electron chi connectivity index (χ4n) is 5.09. The molecule has 1 aliphatic heterocycles. The summed E-state index contributed by atoms with van der Waals surface area (Å²) in [4.78, 5) is 17.1. The highest BCUT2D eigenvalue weighted by Crippen LogP contribution is 2.44. The molecule has 1 saturated heterocycles. The van der Waals surface area contributed by atoms with Crippen LogP contribution in [0.2, 0.25) is 0 Å². The quantitative estimate of drug-likeness (QED) is 0.670. The fourth-order valence-corrected chi connectivity index (χ4v) is 5.09. The van der Waals surface area contributed by atoms with Crippen LogP contribution in [-0.2, 0) is 18.3 Å². The first kappa shape index (κ1) is 18.4. The lowest BCUT2D eigenvalue weighted by Gasteiger charge is -2.40. The minimum Gasteiger partial charge on any atom is -0.302 e. The van der Waals surface area contributed by atoms with Crippen molar-refractivity contribution in [3.8, 4) is 11.4 Å². The minimum absolute atomic E-state index is 0.195. The Labute approximate surface area is 173 Å². The Kier molecular flexibility index (Phi) is 4.88. The van der Waals surface area contributed by atoms with Crippen molar-refractivity contribution in [3.63, 3.8) is 0 Å². The highest BCUT2D eigenvalue weighted by Gasteiger charge is 2.43. The van der Waals surface area contributed by atoms with Gasteiger partial charge in [-0.25, -0.2) is 9.97 Å². The van der Waals surface area contributed by atoms with Gasteiger partial charge in [-0.15, -0.1) is 0 Å². The predicted octanol–water partition coefficient (Wildman–Crippen LogP) is 4.37. The standard InChI is InChI=1S/C25H28N4/c1-19-7-5-10-22(27-19)12-16-29-15-6-13-25(18-29)14-11-21-17-26-24(28-23(21)25)20-8-3-2-4-9-20/h2-5,7-10,17H,6,11-16,18H2,1H3. The lowest BCUT2D eigenvalue weighted by molar-refractivity contribution is 0.144. The van der Waals surface area contributed by atoms with Crippen LogP contribution in [0.4, 0.5) is 0 Å². The van der Waals surface area contributed by atoms with Crippen molar-refractivity contribution < 1.29 is 0 Å². The number of rotatable bonds is 4. The molecular weight excluding hydrogens is 356 g/mol. The van der Waals surface area contributed by atoms with Crippen LogP contribution >= 0.6 is 0 Å². The van der Waals surface area contributed by atoms with Crippen LogP contribution in [0, 0.1) is 6.92 Å². The van der Waals surface area contributed by atoms with Crippen molar-refractivity contribution in [3.05, 3.63) is 77.4 Å². The zero-order chi connectivity index (χ0) is 19.7. The second-order valence-electron chi connectivity index (χ2n) is 8.61. The lowest BCUT2D eigenvalue weighted by atomic mass is 9.77. The van der Waals surface area contributed by atoms with E-state index in [2.05, 4.69) is 70.5 Å². The van der Waals surface area contributed by atoms with E-state index in [-0.39, 0.29) is 5.41 Å². The number of aromatic nitrogens is 3. The van der Waals surface area contributed by atoms with Gasteiger partial charge in [0.15, 0.2) is 5.82 Å². The van der Waals surface area contributed by atoms with Crippen molar-refractivity contribution in [2.75, 3.05) is 19.6 Å². The highest BCUT2D eigenvalue weighted by molar-refractivity contribution is 5.55. The first-order valence-corrected chi connectivity index (χ1v) is 10.8. The van der Waals surface area contributed by atoms with Gasteiger partial charge in [0.1, 0.15) is 0 Å². The Hall–Kier alpha value is -2.59. The molecule has 0 radical (unpaired) electrons. The van der Waals surface area contributed by atoms with E-state index in [1.165, 1.54) is 42.8 Å². The summed E-state index contributed by atoms with van der Waals surface area (Å²) in [6, 6.07) is 16.7. The van der Waals surface area contributed by atoms with Crippen LogP contribution in [0.5, 0.6) is 0 Å². The summed E-state index contributed by atoms with van der Waals surface area (Å²) in [5.41, 5.74) is 6.27. The van der Waals surface area contributed by atoms with E-state index in [1.54, 1.807) is 0 Å². The number of nitrogens with zero attached hydrogens (tertiary/aromatic N) is 4. The monoisotopic (exact) mass is 384 g/mol. The molecule has 29 heavy (non-hydrogen) atoms. The molecule has 3 heterocycles. The number of fused-ring (bicyclic) bond motifs is 2. The Bertz CT molecular complexity index is 997. The van der Waals surface area contributed by atoms with E-state index in [0.717, 1.165) is 43.0 Å². The van der Waals surface area contributed by atoms with Gasteiger partial charge in [0.25, 0.3) is 0 Å². The number of hydrogen-bond donors (Lipinski definition) is 0. The van der Waals surface area contributed by atoms with Crippen LogP contribution < -0.4 is 0 Å². The van der Waals surface area contributed by atoms with Gasteiger partial charge in [0.05, 0.1) is 5.69 Å². The average molecular weight is 385 g/mol. The zero-order valence-corrected chi connectivity index (χ0v) is 17.1. The second kappa shape index (κ2) is 7.68. The normalized spacial score (nSPS) is 21.4. The van der Waals surface area contributed by atoms with Crippen molar-refractivity contribution in [1.82, 2.24) is 19.9 Å². The number of piperidine rings is 1. The van der Waals surface area contributed by atoms with Gasteiger partial charge in [-0.1, -0.05) is 36.4 Å². The van der Waals surface area contributed by atoms with Gasteiger partial charge in [0, 0.05) is 48.1 Å². The largest absolute Gasteiger partial charge is 0.302 e. The number of aryl methyl sites for hydroxylation is 2. The molecule has 1 aromatic carbocycles. The maximum Gasteiger partial charge on any atom is 0.159 e. The van der Waals surface area contributed by atoms with Gasteiger partial charge in [-0.3, -0.25) is 4.98 Å². The van der Waals surface area contributed by atoms with Crippen LogP contribution in [0.15, 0.2) is 54.7 Å². The average Bonchev–Trinajstić information content (AvgIpc) is 3.10. The first-order chi connectivity index (χ1) is 14.2. The zero-order valence-electron chi connectivity index (χ0n) is 17.1. The summed E-state index contributed by atoms with van der Waals surface area (Å²) in [6.45, 7) is 5.43. The molecule has 0 N–H and O–H groups in total. The Morgan fingerprint density at radius 2 is 1.90 bits per heavy atom. The topological polar surface area (TPSA) is 41.9 Å². The van der Waals surface area contributed by atoms with Gasteiger partial charge >= 0.3 is 0 Å². The van der Waals surface area contributed by atoms with E-state index in [4.69, 9.17) is 4.98 Å². The third-order valence-corrected chi connectivity index (χ3v) is 6.56. The second-order valence-corrected chi connectivity index (χ2v) is 8.61. The molecule has 2 aliphatic rings. The molecule has 3 aromatic rings. The summed E-state index contributed by atoms with van der Waals surface area (Å²) >= 11 is 0. The SMILES string of the molecule is Cc1cccc(CCN2CCCC3(CCc4cnc(-c5ccccc5)nc43)C2)n1. The number of pyridine rings is 1. The summed E-state index contributed by atoms with van der Waals surface area (Å²) in [7, 11) is 0. The molecule has 1 unspecified atom stereocenters. The third-order valence-electron chi connectivity index (χ3n) is 6.56. The third kappa shape index (κ3) is 3.69. The van der Waals surface area contributed by atoms with Crippen LogP contribution in [0.25, 0.3) is 11.4 Å². The molecule has 148 valence electrons. The number of benzene rings is 1. The molecule has 1 atom stereocenters. The molecule has 1 fully saturated rings. The van der Waals surface area contributed by atoms with E-state index in [1.807, 2.05) is 6.07 Å². The van der Waals surface area contributed by atoms with E-state index >= 15 is 0 Å². The molecule has 1 spiro atoms. The van der Waals surface area contributed by atoms with Gasteiger partial charge < -0.3 is 4.90 Å². The molecule has 0 saturated carbocycles. The van der Waals surface area contributed by atoms with Crippen LogP contribution in [-0.4, -0.2) is 39.5 Å². The van der Waals surface area contributed by atoms with Gasteiger partial charge in [-0.05, 0) is 56.8 Å². The Morgan fingerprint density at radius 1 is 1.00 bits per heavy atom. The smallest absolute Gasteiger partial charge is 0.159 e.